The lowest BCUT2D eigenvalue weighted by atomic mass is 10.0. The smallest absolute Gasteiger partial charge is 0.232 e. The fourth-order valence-electron chi connectivity index (χ4n) is 4.27. The number of benzene rings is 2. The molecule has 24 heavy (non-hydrogen) atoms. The normalized spacial score (nSPS) is 23.0. The molecule has 1 saturated carbocycles. The average Bonchev–Trinajstić information content (AvgIpc) is 3.06. The Morgan fingerprint density at radius 3 is 2.62 bits per heavy atom. The van der Waals surface area contributed by atoms with E-state index < -0.39 is 0 Å². The minimum Gasteiger partial charge on any atom is -0.369 e. The maximum Gasteiger partial charge on any atom is 0.232 e. The van der Waals surface area contributed by atoms with E-state index in [1.165, 1.54) is 16.8 Å². The standard InChI is InChI=1S/C21H24N2O/c1-15-11-12-19-20(13-15)23(14-16-7-4-3-5-8-16)21(24)17-9-6-10-18(17)22(19)2/h3-5,7-8,11-13,17-18H,6,9-10,14H2,1-2H3. The second-order valence-corrected chi connectivity index (χ2v) is 7.12. The van der Waals surface area contributed by atoms with Crippen molar-refractivity contribution in [1.82, 2.24) is 0 Å². The second kappa shape index (κ2) is 5.97. The Balaban J connectivity index is 1.82. The zero-order valence-electron chi connectivity index (χ0n) is 14.4. The van der Waals surface area contributed by atoms with Gasteiger partial charge in [-0.05, 0) is 43.0 Å². The van der Waals surface area contributed by atoms with E-state index >= 15 is 0 Å². The fraction of sp³-hybridized carbons (Fsp3) is 0.381. The minimum atomic E-state index is 0.117. The van der Waals surface area contributed by atoms with Crippen molar-refractivity contribution in [3.63, 3.8) is 0 Å². The maximum absolute atomic E-state index is 13.4. The molecule has 4 rings (SSSR count). The molecular weight excluding hydrogens is 296 g/mol. The van der Waals surface area contributed by atoms with Crippen LogP contribution in [0.3, 0.4) is 0 Å². The topological polar surface area (TPSA) is 23.6 Å². The van der Waals surface area contributed by atoms with Crippen molar-refractivity contribution in [3.05, 3.63) is 59.7 Å². The molecule has 3 heteroatoms. The summed E-state index contributed by atoms with van der Waals surface area (Å²) < 4.78 is 0. The zero-order chi connectivity index (χ0) is 16.7. The van der Waals surface area contributed by atoms with Crippen molar-refractivity contribution >= 4 is 17.3 Å². The van der Waals surface area contributed by atoms with Gasteiger partial charge in [-0.25, -0.2) is 0 Å². The molecule has 2 unspecified atom stereocenters. The average molecular weight is 320 g/mol. The number of carbonyl (C=O) groups excluding carboxylic acids is 1. The molecule has 0 aromatic heterocycles. The molecule has 2 aromatic carbocycles. The van der Waals surface area contributed by atoms with Crippen LogP contribution in [-0.2, 0) is 11.3 Å². The van der Waals surface area contributed by atoms with Crippen LogP contribution in [0.25, 0.3) is 0 Å². The first-order valence-electron chi connectivity index (χ1n) is 8.84. The summed E-state index contributed by atoms with van der Waals surface area (Å²) in [5.41, 5.74) is 4.61. The first-order valence-corrected chi connectivity index (χ1v) is 8.84. The van der Waals surface area contributed by atoms with Crippen LogP contribution in [0.4, 0.5) is 11.4 Å². The number of anilines is 2. The third kappa shape index (κ3) is 2.48. The van der Waals surface area contributed by atoms with E-state index in [2.05, 4.69) is 49.2 Å². The Labute approximate surface area is 143 Å². The van der Waals surface area contributed by atoms with Gasteiger partial charge in [0, 0.05) is 13.1 Å². The molecule has 0 saturated heterocycles. The molecule has 2 aromatic rings. The fourth-order valence-corrected chi connectivity index (χ4v) is 4.27. The summed E-state index contributed by atoms with van der Waals surface area (Å²) in [5, 5.41) is 0. The van der Waals surface area contributed by atoms with Gasteiger partial charge in [-0.15, -0.1) is 0 Å². The summed E-state index contributed by atoms with van der Waals surface area (Å²) in [7, 11) is 2.15. The van der Waals surface area contributed by atoms with Crippen molar-refractivity contribution in [1.29, 1.82) is 0 Å². The molecule has 0 bridgehead atoms. The van der Waals surface area contributed by atoms with Gasteiger partial charge in [-0.3, -0.25) is 4.79 Å². The van der Waals surface area contributed by atoms with Crippen LogP contribution in [0.15, 0.2) is 48.5 Å². The monoisotopic (exact) mass is 320 g/mol. The van der Waals surface area contributed by atoms with Crippen LogP contribution in [0, 0.1) is 12.8 Å². The van der Waals surface area contributed by atoms with Crippen LogP contribution >= 0.6 is 0 Å². The maximum atomic E-state index is 13.4. The summed E-state index contributed by atoms with van der Waals surface area (Å²) in [6, 6.07) is 17.1. The number of fused-ring (bicyclic) bond motifs is 2. The second-order valence-electron chi connectivity index (χ2n) is 7.12. The lowest BCUT2D eigenvalue weighted by Gasteiger charge is -2.28. The van der Waals surface area contributed by atoms with Gasteiger partial charge in [0.05, 0.1) is 23.8 Å². The molecule has 3 nitrogen and oxygen atoms in total. The van der Waals surface area contributed by atoms with Crippen molar-refractivity contribution in [3.8, 4) is 0 Å². The highest BCUT2D eigenvalue weighted by Gasteiger charge is 2.42. The zero-order valence-corrected chi connectivity index (χ0v) is 14.4. The SMILES string of the molecule is Cc1ccc2c(c1)N(Cc1ccccc1)C(=O)C1CCCC1N2C. The van der Waals surface area contributed by atoms with E-state index in [-0.39, 0.29) is 11.8 Å². The predicted molar refractivity (Wildman–Crippen MR) is 98.3 cm³/mol. The summed E-state index contributed by atoms with van der Waals surface area (Å²) >= 11 is 0. The highest BCUT2D eigenvalue weighted by molar-refractivity contribution is 6.00. The third-order valence-electron chi connectivity index (χ3n) is 5.55. The molecule has 0 spiro atoms. The Morgan fingerprint density at radius 1 is 1.04 bits per heavy atom. The number of nitrogens with zero attached hydrogens (tertiary/aromatic N) is 2. The van der Waals surface area contributed by atoms with Gasteiger partial charge in [0.2, 0.25) is 5.91 Å². The van der Waals surface area contributed by atoms with Crippen molar-refractivity contribution in [2.24, 2.45) is 5.92 Å². The van der Waals surface area contributed by atoms with Gasteiger partial charge < -0.3 is 9.80 Å². The van der Waals surface area contributed by atoms with E-state index in [4.69, 9.17) is 0 Å². The summed E-state index contributed by atoms with van der Waals surface area (Å²) in [6.45, 7) is 2.74. The van der Waals surface area contributed by atoms with Crippen LogP contribution in [0.2, 0.25) is 0 Å². The molecule has 0 radical (unpaired) electrons. The minimum absolute atomic E-state index is 0.117. The van der Waals surface area contributed by atoms with Crippen LogP contribution < -0.4 is 9.80 Å². The number of carbonyl (C=O) groups is 1. The van der Waals surface area contributed by atoms with E-state index in [0.29, 0.717) is 12.6 Å². The van der Waals surface area contributed by atoms with Gasteiger partial charge >= 0.3 is 0 Å². The van der Waals surface area contributed by atoms with Crippen LogP contribution in [0.5, 0.6) is 0 Å². The number of amides is 1. The molecule has 2 aliphatic rings. The molecule has 0 N–H and O–H groups in total. The Kier molecular flexibility index (Phi) is 3.79. The van der Waals surface area contributed by atoms with Crippen LogP contribution in [0.1, 0.15) is 30.4 Å². The first kappa shape index (κ1) is 15.3. The molecule has 124 valence electrons. The van der Waals surface area contributed by atoms with E-state index in [1.54, 1.807) is 0 Å². The lowest BCUT2D eigenvalue weighted by molar-refractivity contribution is -0.122. The lowest BCUT2D eigenvalue weighted by Crippen LogP contribution is -2.40. The highest BCUT2D eigenvalue weighted by atomic mass is 16.2. The molecule has 1 fully saturated rings. The Hall–Kier alpha value is -2.29. The van der Waals surface area contributed by atoms with Crippen molar-refractivity contribution in [2.75, 3.05) is 16.8 Å². The van der Waals surface area contributed by atoms with E-state index in [0.717, 1.165) is 24.9 Å². The van der Waals surface area contributed by atoms with Crippen molar-refractivity contribution < 1.29 is 4.79 Å². The number of hydrogen-bond donors (Lipinski definition) is 0. The number of aryl methyl sites for hydroxylation is 1. The van der Waals surface area contributed by atoms with Crippen LogP contribution in [-0.4, -0.2) is 19.0 Å². The molecule has 1 heterocycles. The Bertz CT molecular complexity index is 756. The predicted octanol–water partition coefficient (Wildman–Crippen LogP) is 4.15. The van der Waals surface area contributed by atoms with Gasteiger partial charge in [0.15, 0.2) is 0 Å². The quantitative estimate of drug-likeness (QED) is 0.830. The highest BCUT2D eigenvalue weighted by Crippen LogP contribution is 2.42. The molecule has 2 atom stereocenters. The molecular formula is C21H24N2O. The van der Waals surface area contributed by atoms with Gasteiger partial charge in [-0.2, -0.15) is 0 Å². The van der Waals surface area contributed by atoms with Gasteiger partial charge in [0.25, 0.3) is 0 Å². The molecule has 1 aliphatic heterocycles. The summed E-state index contributed by atoms with van der Waals surface area (Å²) in [5.74, 6) is 0.406. The summed E-state index contributed by atoms with van der Waals surface area (Å²) in [6.07, 6.45) is 3.26. The molecule has 1 amide bonds. The number of hydrogen-bond acceptors (Lipinski definition) is 2. The van der Waals surface area contributed by atoms with Gasteiger partial charge in [-0.1, -0.05) is 42.8 Å². The summed E-state index contributed by atoms with van der Waals surface area (Å²) in [4.78, 5) is 17.7. The van der Waals surface area contributed by atoms with Crippen molar-refractivity contribution in [2.45, 2.75) is 38.8 Å². The van der Waals surface area contributed by atoms with E-state index in [9.17, 15) is 4.79 Å². The van der Waals surface area contributed by atoms with Gasteiger partial charge in [0.1, 0.15) is 0 Å². The molecule has 1 aliphatic carbocycles. The Morgan fingerprint density at radius 2 is 1.83 bits per heavy atom. The van der Waals surface area contributed by atoms with E-state index in [1.807, 2.05) is 23.1 Å². The first-order chi connectivity index (χ1) is 11.6. The largest absolute Gasteiger partial charge is 0.369 e. The third-order valence-corrected chi connectivity index (χ3v) is 5.55. The number of rotatable bonds is 2.